The molecule has 1 N–H and O–H groups in total. The number of aryl methyl sites for hydroxylation is 1. The van der Waals surface area contributed by atoms with Crippen molar-refractivity contribution in [1.82, 2.24) is 24.4 Å². The summed E-state index contributed by atoms with van der Waals surface area (Å²) in [5, 5.41) is 8.33. The number of nitrogens with one attached hydrogen (secondary N) is 1. The summed E-state index contributed by atoms with van der Waals surface area (Å²) in [4.78, 5) is 2.18. The molecule has 26 heavy (non-hydrogen) atoms. The Morgan fingerprint density at radius 2 is 2.08 bits per heavy atom. The van der Waals surface area contributed by atoms with E-state index < -0.39 is 10.0 Å². The van der Waals surface area contributed by atoms with Gasteiger partial charge in [0.15, 0.2) is 0 Å². The van der Waals surface area contributed by atoms with Crippen LogP contribution in [0.1, 0.15) is 31.4 Å². The van der Waals surface area contributed by atoms with Crippen LogP contribution in [0.4, 0.5) is 0 Å². The number of hydrogen-bond donors (Lipinski definition) is 1. The van der Waals surface area contributed by atoms with Crippen molar-refractivity contribution < 1.29 is 12.8 Å². The van der Waals surface area contributed by atoms with Crippen molar-refractivity contribution in [1.29, 1.82) is 0 Å². The quantitative estimate of drug-likeness (QED) is 0.782. The van der Waals surface area contributed by atoms with Crippen LogP contribution in [0.5, 0.6) is 0 Å². The third kappa shape index (κ3) is 4.33. The van der Waals surface area contributed by atoms with E-state index in [4.69, 9.17) is 4.42 Å². The second-order valence-electron chi connectivity index (χ2n) is 7.16. The predicted molar refractivity (Wildman–Crippen MR) is 98.9 cm³/mol. The Morgan fingerprint density at radius 1 is 1.31 bits per heavy atom. The maximum atomic E-state index is 11.6. The van der Waals surface area contributed by atoms with Gasteiger partial charge < -0.3 is 8.98 Å². The van der Waals surface area contributed by atoms with Crippen molar-refractivity contribution >= 4 is 10.0 Å². The largest absolute Gasteiger partial charge is 0.418 e. The summed E-state index contributed by atoms with van der Waals surface area (Å²) in [6, 6.07) is 3.91. The van der Waals surface area contributed by atoms with Crippen molar-refractivity contribution in [3.8, 4) is 11.6 Å². The van der Waals surface area contributed by atoms with Gasteiger partial charge in [-0.15, -0.1) is 10.2 Å². The molecule has 1 fully saturated rings. The molecule has 2 aromatic heterocycles. The number of aromatic nitrogens is 3. The molecule has 3 rings (SSSR count). The van der Waals surface area contributed by atoms with Crippen molar-refractivity contribution in [3.05, 3.63) is 23.7 Å². The van der Waals surface area contributed by atoms with Gasteiger partial charge in [0, 0.05) is 31.9 Å². The highest BCUT2D eigenvalue weighted by atomic mass is 32.2. The summed E-state index contributed by atoms with van der Waals surface area (Å²) < 4.78 is 33.9. The van der Waals surface area contributed by atoms with E-state index in [0.717, 1.165) is 30.8 Å². The lowest BCUT2D eigenvalue weighted by Gasteiger charge is -2.17. The second kappa shape index (κ2) is 7.50. The number of likely N-dealkylation sites (tertiary alicyclic amines) is 1. The SMILES string of the molecule is CCC[C@@H]1CN(Cc2nnc(-c3ccc(C)n3C)o2)C[C@H]1NS(C)(=O)=O. The fourth-order valence-electron chi connectivity index (χ4n) is 3.60. The van der Waals surface area contributed by atoms with Gasteiger partial charge in [0.1, 0.15) is 5.69 Å². The molecule has 0 spiro atoms. The molecule has 8 nitrogen and oxygen atoms in total. The molecule has 1 aliphatic heterocycles. The van der Waals surface area contributed by atoms with E-state index in [9.17, 15) is 8.42 Å². The van der Waals surface area contributed by atoms with E-state index in [1.807, 2.05) is 30.7 Å². The van der Waals surface area contributed by atoms with Gasteiger partial charge in [-0.1, -0.05) is 13.3 Å². The molecule has 0 aromatic carbocycles. The molecule has 0 saturated carbocycles. The summed E-state index contributed by atoms with van der Waals surface area (Å²) in [7, 11) is -1.26. The molecule has 0 amide bonds. The molecule has 1 aliphatic rings. The first-order valence-corrected chi connectivity index (χ1v) is 10.8. The van der Waals surface area contributed by atoms with Crippen LogP contribution in [0.25, 0.3) is 11.6 Å². The monoisotopic (exact) mass is 381 g/mol. The lowest BCUT2D eigenvalue weighted by atomic mass is 9.99. The number of nitrogens with zero attached hydrogens (tertiary/aromatic N) is 4. The van der Waals surface area contributed by atoms with Crippen molar-refractivity contribution in [3.63, 3.8) is 0 Å². The Morgan fingerprint density at radius 3 is 2.69 bits per heavy atom. The normalized spacial score (nSPS) is 21.5. The van der Waals surface area contributed by atoms with Crippen LogP contribution in [0.2, 0.25) is 0 Å². The molecule has 9 heteroatoms. The van der Waals surface area contributed by atoms with E-state index in [-0.39, 0.29) is 6.04 Å². The summed E-state index contributed by atoms with van der Waals surface area (Å²) >= 11 is 0. The maximum absolute atomic E-state index is 11.6. The minimum Gasteiger partial charge on any atom is -0.418 e. The van der Waals surface area contributed by atoms with Gasteiger partial charge in [0.2, 0.25) is 15.9 Å². The number of hydrogen-bond acceptors (Lipinski definition) is 6. The molecule has 3 heterocycles. The number of sulfonamides is 1. The Balaban J connectivity index is 1.68. The summed E-state index contributed by atoms with van der Waals surface area (Å²) in [6.07, 6.45) is 3.23. The van der Waals surface area contributed by atoms with Crippen LogP contribution < -0.4 is 4.72 Å². The number of rotatable bonds is 7. The Labute approximate surface area is 154 Å². The molecule has 0 radical (unpaired) electrons. The van der Waals surface area contributed by atoms with Crippen LogP contribution in [0, 0.1) is 12.8 Å². The van der Waals surface area contributed by atoms with Gasteiger partial charge in [-0.2, -0.15) is 0 Å². The van der Waals surface area contributed by atoms with Crippen LogP contribution >= 0.6 is 0 Å². The predicted octanol–water partition coefficient (Wildman–Crippen LogP) is 1.53. The average molecular weight is 382 g/mol. The minimum absolute atomic E-state index is 0.0668. The first-order chi connectivity index (χ1) is 12.3. The van der Waals surface area contributed by atoms with Gasteiger partial charge in [-0.25, -0.2) is 13.1 Å². The van der Waals surface area contributed by atoms with Crippen LogP contribution in [-0.2, 0) is 23.6 Å². The van der Waals surface area contributed by atoms with Crippen LogP contribution in [0.15, 0.2) is 16.5 Å². The molecular formula is C17H27N5O3S. The topological polar surface area (TPSA) is 93.3 Å². The molecule has 144 valence electrons. The Hall–Kier alpha value is -1.71. The molecule has 2 aromatic rings. The molecule has 0 unspecified atom stereocenters. The maximum Gasteiger partial charge on any atom is 0.264 e. The zero-order chi connectivity index (χ0) is 18.9. The van der Waals surface area contributed by atoms with Crippen LogP contribution in [0.3, 0.4) is 0 Å². The van der Waals surface area contributed by atoms with E-state index in [2.05, 4.69) is 26.7 Å². The third-order valence-corrected chi connectivity index (χ3v) is 5.69. The van der Waals surface area contributed by atoms with Crippen molar-refractivity contribution in [2.75, 3.05) is 19.3 Å². The van der Waals surface area contributed by atoms with Crippen molar-refractivity contribution in [2.45, 2.75) is 39.3 Å². The van der Waals surface area contributed by atoms with E-state index in [1.165, 1.54) is 6.26 Å². The van der Waals surface area contributed by atoms with Crippen LogP contribution in [-0.4, -0.2) is 53.5 Å². The van der Waals surface area contributed by atoms with Gasteiger partial charge in [-0.3, -0.25) is 4.90 Å². The fourth-order valence-corrected chi connectivity index (χ4v) is 4.42. The lowest BCUT2D eigenvalue weighted by Crippen LogP contribution is -2.39. The molecule has 1 saturated heterocycles. The van der Waals surface area contributed by atoms with E-state index in [0.29, 0.717) is 30.8 Å². The Kier molecular flexibility index (Phi) is 5.50. The van der Waals surface area contributed by atoms with E-state index >= 15 is 0 Å². The van der Waals surface area contributed by atoms with E-state index in [1.54, 1.807) is 0 Å². The molecule has 2 atom stereocenters. The highest BCUT2D eigenvalue weighted by molar-refractivity contribution is 7.88. The molecule has 0 aliphatic carbocycles. The highest BCUT2D eigenvalue weighted by Crippen LogP contribution is 2.25. The zero-order valence-electron chi connectivity index (χ0n) is 15.8. The van der Waals surface area contributed by atoms with Crippen molar-refractivity contribution in [2.24, 2.45) is 13.0 Å². The first-order valence-electron chi connectivity index (χ1n) is 8.91. The second-order valence-corrected chi connectivity index (χ2v) is 8.94. The van der Waals surface area contributed by atoms with Gasteiger partial charge in [0.05, 0.1) is 12.8 Å². The van der Waals surface area contributed by atoms with Gasteiger partial charge >= 0.3 is 0 Å². The summed E-state index contributed by atoms with van der Waals surface area (Å²) in [5.41, 5.74) is 2.01. The third-order valence-electron chi connectivity index (χ3n) is 4.96. The first kappa shape index (κ1) is 19.1. The molecular weight excluding hydrogens is 354 g/mol. The Bertz CT molecular complexity index is 858. The highest BCUT2D eigenvalue weighted by Gasteiger charge is 2.34. The smallest absolute Gasteiger partial charge is 0.264 e. The average Bonchev–Trinajstić information content (AvgIpc) is 3.21. The molecule has 0 bridgehead atoms. The van der Waals surface area contributed by atoms with Gasteiger partial charge in [-0.05, 0) is 31.4 Å². The van der Waals surface area contributed by atoms with Gasteiger partial charge in [0.25, 0.3) is 5.89 Å². The fraction of sp³-hybridized carbons (Fsp3) is 0.647. The lowest BCUT2D eigenvalue weighted by molar-refractivity contribution is 0.278. The zero-order valence-corrected chi connectivity index (χ0v) is 16.6. The standard InChI is InChI=1S/C17H27N5O3S/c1-5-6-13-9-22(10-14(13)20-26(4,23)24)11-16-18-19-17(25-16)15-8-7-12(2)21(15)3/h7-8,13-14,20H,5-6,9-11H2,1-4H3/t13-,14-/m1/s1. The minimum atomic E-state index is -3.22. The summed E-state index contributed by atoms with van der Waals surface area (Å²) in [5.74, 6) is 1.35. The summed E-state index contributed by atoms with van der Waals surface area (Å²) in [6.45, 7) is 6.14.